The molecular weight excluding hydrogens is 741 g/mol. The normalized spacial score (nSPS) is 10.8. The van der Waals surface area contributed by atoms with Gasteiger partial charge in [-0.25, -0.2) is 0 Å². The summed E-state index contributed by atoms with van der Waals surface area (Å²) in [5.41, 5.74) is 0. The second-order valence-electron chi connectivity index (χ2n) is 12.9. The molecule has 0 aliphatic heterocycles. The molecule has 0 rings (SSSR count). The van der Waals surface area contributed by atoms with Gasteiger partial charge in [0.15, 0.2) is 0 Å². The summed E-state index contributed by atoms with van der Waals surface area (Å²) in [5.74, 6) is -2.00. The van der Waals surface area contributed by atoms with Gasteiger partial charge in [-0.2, -0.15) is 0 Å². The number of allylic oxidation sites excluding steroid dienone is 6. The minimum Gasteiger partial charge on any atom is -0.481 e. The van der Waals surface area contributed by atoms with Crippen molar-refractivity contribution in [1.29, 1.82) is 0 Å². The summed E-state index contributed by atoms with van der Waals surface area (Å²) in [5, 5.41) is 25.3. The predicted octanol–water partition coefficient (Wildman–Crippen LogP) is 13.6. The monoisotopic (exact) mass is 819 g/mol. The molecule has 3 N–H and O–H groups in total. The number of carboxylic acid groups (broad SMARTS) is 3. The van der Waals surface area contributed by atoms with Crippen LogP contribution in [0.1, 0.15) is 213 Å². The van der Waals surface area contributed by atoms with Crippen LogP contribution in [-0.2, 0) is 14.4 Å². The third-order valence-electron chi connectivity index (χ3n) is 7.96. The molecule has 1 radical (unpaired) electrons. The first kappa shape index (κ1) is 54.8. The van der Waals surface area contributed by atoms with Crippen LogP contribution < -0.4 is 0 Å². The van der Waals surface area contributed by atoms with Crippen LogP contribution in [0.25, 0.3) is 0 Å². The molecule has 0 unspecified atom stereocenters. The molecule has 0 atom stereocenters. The van der Waals surface area contributed by atoms with Gasteiger partial charge in [-0.05, 0) is 77.0 Å². The van der Waals surface area contributed by atoms with Crippen LogP contribution in [0, 0.1) is 41.3 Å². The summed E-state index contributed by atoms with van der Waals surface area (Å²) < 4.78 is 0. The van der Waals surface area contributed by atoms with E-state index in [1.54, 1.807) is 0 Å². The minimum absolute atomic E-state index is 0. The number of rotatable bonds is 33. The quantitative estimate of drug-likeness (QED) is 0.0449. The third kappa shape index (κ3) is 65.9. The second-order valence-corrected chi connectivity index (χ2v) is 12.9. The fourth-order valence-electron chi connectivity index (χ4n) is 4.88. The van der Waals surface area contributed by atoms with Gasteiger partial charge in [0.2, 0.25) is 0 Å². The summed E-state index contributed by atoms with van der Waals surface area (Å²) >= 11 is 0. The van der Waals surface area contributed by atoms with Crippen LogP contribution in [0.3, 0.4) is 0 Å². The van der Waals surface area contributed by atoms with Gasteiger partial charge in [0.05, 0.1) is 0 Å². The maximum atomic E-state index is 10.3. The third-order valence-corrected chi connectivity index (χ3v) is 7.96. The average Bonchev–Trinajstić information content (AvgIpc) is 3.05. The molecule has 7 heteroatoms. The molecule has 49 heavy (non-hydrogen) atoms. The zero-order valence-electron chi connectivity index (χ0n) is 32.3. The number of hydrogen-bond donors (Lipinski definition) is 3. The average molecular weight is 820 g/mol. The van der Waals surface area contributed by atoms with Crippen LogP contribution >= 0.6 is 0 Å². The molecule has 0 aliphatic rings. The Morgan fingerprint density at radius 3 is 0.714 bits per heavy atom. The standard InChI is InChI=1S/3C14H26O2.Pr/c3*1-2-3-4-5-6-7-8-9-10-11-12-13-14(15)16;/h3*5-6H,2-4,7-13H2,1H3,(H,15,16);/b3*6-5-;. The number of unbranched alkanes of at least 4 members (excludes halogenated alkanes) is 21. The van der Waals surface area contributed by atoms with Crippen molar-refractivity contribution in [3.63, 3.8) is 0 Å². The van der Waals surface area contributed by atoms with Gasteiger partial charge in [0.25, 0.3) is 0 Å². The Bertz CT molecular complexity index is 662. The van der Waals surface area contributed by atoms with Crippen molar-refractivity contribution in [2.75, 3.05) is 0 Å². The Balaban J connectivity index is -0.000000307. The summed E-state index contributed by atoms with van der Waals surface area (Å²) in [6.07, 6.45) is 46.3. The number of carbonyl (C=O) groups is 3. The van der Waals surface area contributed by atoms with Crippen molar-refractivity contribution in [1.82, 2.24) is 0 Å². The van der Waals surface area contributed by atoms with E-state index in [2.05, 4.69) is 57.2 Å². The Morgan fingerprint density at radius 2 is 0.510 bits per heavy atom. The van der Waals surface area contributed by atoms with E-state index >= 15 is 0 Å². The molecule has 0 aliphatic carbocycles. The Labute approximate surface area is 336 Å². The molecule has 0 aromatic heterocycles. The summed E-state index contributed by atoms with van der Waals surface area (Å²) in [4.78, 5) is 30.8. The van der Waals surface area contributed by atoms with E-state index in [1.807, 2.05) is 0 Å². The van der Waals surface area contributed by atoms with Crippen molar-refractivity contribution in [2.45, 2.75) is 213 Å². The summed E-state index contributed by atoms with van der Waals surface area (Å²) in [6, 6.07) is 0. The molecule has 0 aromatic carbocycles. The minimum atomic E-state index is -0.668. The predicted molar refractivity (Wildman–Crippen MR) is 206 cm³/mol. The SMILES string of the molecule is CCCC/C=C\CCCCCCCC(=O)O.CCCC/C=C\CCCCCCCC(=O)O.CCCC/C=C\CCCCCCCC(=O)O.[Pr]. The number of carboxylic acids is 3. The molecule has 0 bridgehead atoms. The first-order valence-electron chi connectivity index (χ1n) is 19.9. The maximum Gasteiger partial charge on any atom is 0.303 e. The van der Waals surface area contributed by atoms with Crippen LogP contribution in [0.5, 0.6) is 0 Å². The van der Waals surface area contributed by atoms with Crippen LogP contribution in [0.15, 0.2) is 36.5 Å². The number of hydrogen-bond acceptors (Lipinski definition) is 3. The van der Waals surface area contributed by atoms with E-state index in [-0.39, 0.29) is 41.3 Å². The first-order valence-corrected chi connectivity index (χ1v) is 19.9. The van der Waals surface area contributed by atoms with Crippen LogP contribution in [-0.4, -0.2) is 33.2 Å². The van der Waals surface area contributed by atoms with Gasteiger partial charge < -0.3 is 15.3 Å². The molecule has 0 heterocycles. The Morgan fingerprint density at radius 1 is 0.327 bits per heavy atom. The van der Waals surface area contributed by atoms with E-state index in [0.29, 0.717) is 19.3 Å². The Kier molecular flexibility index (Phi) is 57.4. The largest absolute Gasteiger partial charge is 0.481 e. The fraction of sp³-hybridized carbons (Fsp3) is 0.786. The smallest absolute Gasteiger partial charge is 0.303 e. The maximum absolute atomic E-state index is 10.3. The van der Waals surface area contributed by atoms with Crippen molar-refractivity contribution in [3.8, 4) is 0 Å². The van der Waals surface area contributed by atoms with Crippen molar-refractivity contribution in [2.24, 2.45) is 0 Å². The van der Waals surface area contributed by atoms with Gasteiger partial charge in [-0.3, -0.25) is 14.4 Å². The van der Waals surface area contributed by atoms with Crippen LogP contribution in [0.4, 0.5) is 0 Å². The topological polar surface area (TPSA) is 112 Å². The van der Waals surface area contributed by atoms with E-state index in [4.69, 9.17) is 15.3 Å². The van der Waals surface area contributed by atoms with Gasteiger partial charge in [0, 0.05) is 60.6 Å². The molecule has 6 nitrogen and oxygen atoms in total. The molecule has 0 aromatic rings. The first-order chi connectivity index (χ1) is 23.3. The summed E-state index contributed by atoms with van der Waals surface area (Å²) in [7, 11) is 0. The van der Waals surface area contributed by atoms with Crippen molar-refractivity contribution < 1.29 is 71.0 Å². The zero-order chi connectivity index (χ0) is 36.2. The van der Waals surface area contributed by atoms with Crippen LogP contribution in [0.2, 0.25) is 0 Å². The Hall–Kier alpha value is -1.01. The molecule has 0 fully saturated rings. The van der Waals surface area contributed by atoms with Gasteiger partial charge in [-0.15, -0.1) is 0 Å². The van der Waals surface area contributed by atoms with Crippen molar-refractivity contribution >= 4 is 17.9 Å². The molecule has 0 spiro atoms. The second kappa shape index (κ2) is 51.4. The van der Waals surface area contributed by atoms with E-state index in [0.717, 1.165) is 38.5 Å². The van der Waals surface area contributed by atoms with E-state index in [9.17, 15) is 14.4 Å². The van der Waals surface area contributed by atoms with E-state index < -0.39 is 17.9 Å². The van der Waals surface area contributed by atoms with Crippen molar-refractivity contribution in [3.05, 3.63) is 36.5 Å². The van der Waals surface area contributed by atoms with Gasteiger partial charge in [0.1, 0.15) is 0 Å². The molecular formula is C42H78O6Pr. The molecule has 0 saturated carbocycles. The van der Waals surface area contributed by atoms with Gasteiger partial charge in [-0.1, -0.05) is 154 Å². The molecule has 0 saturated heterocycles. The summed E-state index contributed by atoms with van der Waals surface area (Å²) in [6.45, 7) is 6.64. The molecule has 285 valence electrons. The zero-order valence-corrected chi connectivity index (χ0v) is 36.0. The molecule has 0 amide bonds. The van der Waals surface area contributed by atoms with Gasteiger partial charge >= 0.3 is 17.9 Å². The van der Waals surface area contributed by atoms with E-state index in [1.165, 1.54) is 135 Å². The number of aliphatic carboxylic acids is 3. The fourth-order valence-corrected chi connectivity index (χ4v) is 4.88.